The van der Waals surface area contributed by atoms with Crippen LogP contribution in [0.1, 0.15) is 12.1 Å². The Labute approximate surface area is 170 Å². The van der Waals surface area contributed by atoms with E-state index in [2.05, 4.69) is 20.3 Å². The first-order valence-corrected chi connectivity index (χ1v) is 9.90. The van der Waals surface area contributed by atoms with Gasteiger partial charge in [-0.1, -0.05) is 17.7 Å². The minimum absolute atomic E-state index is 0.0824. The lowest BCUT2D eigenvalue weighted by atomic mass is 10.1. The molecule has 7 nitrogen and oxygen atoms in total. The van der Waals surface area contributed by atoms with E-state index in [1.807, 2.05) is 11.4 Å². The van der Waals surface area contributed by atoms with Crippen molar-refractivity contribution in [2.45, 2.75) is 13.0 Å². The highest BCUT2D eigenvalue weighted by Gasteiger charge is 2.35. The number of benzene rings is 1. The van der Waals surface area contributed by atoms with Crippen LogP contribution in [-0.4, -0.2) is 33.3 Å². The van der Waals surface area contributed by atoms with Crippen LogP contribution in [0.15, 0.2) is 48.2 Å². The molecule has 1 N–H and O–H groups in total. The molecule has 1 saturated heterocycles. The number of nitrogens with zero attached hydrogens (tertiary/aromatic N) is 4. The van der Waals surface area contributed by atoms with Gasteiger partial charge in [0.15, 0.2) is 0 Å². The van der Waals surface area contributed by atoms with E-state index in [0.717, 1.165) is 10.7 Å². The van der Waals surface area contributed by atoms with Gasteiger partial charge in [-0.05, 0) is 18.2 Å². The zero-order valence-corrected chi connectivity index (χ0v) is 16.3. The molecule has 9 heteroatoms. The van der Waals surface area contributed by atoms with Crippen molar-refractivity contribution < 1.29 is 9.59 Å². The number of thiazole rings is 1. The summed E-state index contributed by atoms with van der Waals surface area (Å²) in [5.74, 6) is -0.641. The molecule has 1 aromatic carbocycles. The summed E-state index contributed by atoms with van der Waals surface area (Å²) < 4.78 is 0. The van der Waals surface area contributed by atoms with Crippen molar-refractivity contribution in [3.05, 3.63) is 59.0 Å². The number of halogens is 1. The molecule has 0 aliphatic carbocycles. The van der Waals surface area contributed by atoms with Crippen LogP contribution in [0.25, 0.3) is 10.7 Å². The number of aromatic nitrogens is 3. The molecule has 3 aromatic rings. The van der Waals surface area contributed by atoms with E-state index in [-0.39, 0.29) is 18.2 Å². The summed E-state index contributed by atoms with van der Waals surface area (Å²) in [6.07, 6.45) is 5.05. The standard InChI is InChI=1S/C19H16ClN5O2S/c20-13-2-1-3-15(7-13)25-10-12(6-17(25)26)18(27)23-8-14-11-28-19(24-14)16-9-21-4-5-22-16/h1-5,7,9,11-12H,6,8,10H2,(H,23,27). The molecule has 4 rings (SSSR count). The molecular weight excluding hydrogens is 398 g/mol. The molecule has 1 atom stereocenters. The van der Waals surface area contributed by atoms with E-state index >= 15 is 0 Å². The van der Waals surface area contributed by atoms with E-state index in [4.69, 9.17) is 11.6 Å². The van der Waals surface area contributed by atoms with Gasteiger partial charge in [0, 0.05) is 41.4 Å². The fourth-order valence-electron chi connectivity index (χ4n) is 3.01. The van der Waals surface area contributed by atoms with Crippen LogP contribution in [0, 0.1) is 5.92 Å². The molecule has 0 saturated carbocycles. The average Bonchev–Trinajstić information content (AvgIpc) is 3.34. The molecule has 2 amide bonds. The normalized spacial score (nSPS) is 16.4. The van der Waals surface area contributed by atoms with Crippen LogP contribution in [0.3, 0.4) is 0 Å². The monoisotopic (exact) mass is 413 g/mol. The molecule has 1 aliphatic heterocycles. The minimum Gasteiger partial charge on any atom is -0.350 e. The maximum atomic E-state index is 12.5. The van der Waals surface area contributed by atoms with Gasteiger partial charge in [0.1, 0.15) is 10.7 Å². The third kappa shape index (κ3) is 4.02. The molecule has 1 aliphatic rings. The third-order valence-electron chi connectivity index (χ3n) is 4.39. The van der Waals surface area contributed by atoms with E-state index in [9.17, 15) is 9.59 Å². The van der Waals surface area contributed by atoms with Crippen LogP contribution in [0.2, 0.25) is 5.02 Å². The molecule has 1 fully saturated rings. The van der Waals surface area contributed by atoms with Gasteiger partial charge in [-0.2, -0.15) is 0 Å². The second-order valence-corrected chi connectivity index (χ2v) is 7.63. The molecule has 1 unspecified atom stereocenters. The smallest absolute Gasteiger partial charge is 0.227 e. The highest BCUT2D eigenvalue weighted by Crippen LogP contribution is 2.27. The number of rotatable bonds is 5. The Morgan fingerprint density at radius 3 is 3.04 bits per heavy atom. The van der Waals surface area contributed by atoms with Crippen molar-refractivity contribution in [2.24, 2.45) is 5.92 Å². The van der Waals surface area contributed by atoms with Crippen LogP contribution in [0.4, 0.5) is 5.69 Å². The summed E-state index contributed by atoms with van der Waals surface area (Å²) in [5.41, 5.74) is 2.15. The summed E-state index contributed by atoms with van der Waals surface area (Å²) in [6, 6.07) is 7.07. The number of nitrogens with one attached hydrogen (secondary N) is 1. The number of carbonyl (C=O) groups excluding carboxylic acids is 2. The maximum Gasteiger partial charge on any atom is 0.227 e. The summed E-state index contributed by atoms with van der Waals surface area (Å²) >= 11 is 7.45. The second-order valence-electron chi connectivity index (χ2n) is 6.34. The topological polar surface area (TPSA) is 88.1 Å². The van der Waals surface area contributed by atoms with Gasteiger partial charge >= 0.3 is 0 Å². The van der Waals surface area contributed by atoms with Crippen molar-refractivity contribution >= 4 is 40.4 Å². The number of anilines is 1. The van der Waals surface area contributed by atoms with Gasteiger partial charge in [0.05, 0.1) is 24.4 Å². The Bertz CT molecular complexity index is 1010. The predicted molar refractivity (Wildman–Crippen MR) is 107 cm³/mol. The van der Waals surface area contributed by atoms with Crippen molar-refractivity contribution in [3.63, 3.8) is 0 Å². The summed E-state index contributed by atoms with van der Waals surface area (Å²) in [7, 11) is 0. The van der Waals surface area contributed by atoms with Crippen molar-refractivity contribution in [2.75, 3.05) is 11.4 Å². The average molecular weight is 414 g/mol. The Hall–Kier alpha value is -2.84. The van der Waals surface area contributed by atoms with Gasteiger partial charge in [0.25, 0.3) is 0 Å². The van der Waals surface area contributed by atoms with Gasteiger partial charge in [-0.3, -0.25) is 19.6 Å². The van der Waals surface area contributed by atoms with Crippen LogP contribution < -0.4 is 10.2 Å². The Balaban J connectivity index is 1.36. The SMILES string of the molecule is O=C(NCc1csc(-c2cnccn2)n1)C1CC(=O)N(c2cccc(Cl)c2)C1. The molecule has 2 aromatic heterocycles. The quantitative estimate of drug-likeness (QED) is 0.694. The first kappa shape index (κ1) is 18.5. The molecular formula is C19H16ClN5O2S. The Morgan fingerprint density at radius 2 is 2.25 bits per heavy atom. The van der Waals surface area contributed by atoms with Crippen LogP contribution in [0.5, 0.6) is 0 Å². The fourth-order valence-corrected chi connectivity index (χ4v) is 3.98. The summed E-state index contributed by atoms with van der Waals surface area (Å²) in [5, 5.41) is 6.06. The highest BCUT2D eigenvalue weighted by molar-refractivity contribution is 7.13. The lowest BCUT2D eigenvalue weighted by molar-refractivity contribution is -0.126. The second kappa shape index (κ2) is 8.04. The zero-order chi connectivity index (χ0) is 19.5. The van der Waals surface area contributed by atoms with E-state index in [0.29, 0.717) is 29.5 Å². The van der Waals surface area contributed by atoms with Crippen molar-refractivity contribution in [1.82, 2.24) is 20.3 Å². The molecule has 28 heavy (non-hydrogen) atoms. The van der Waals surface area contributed by atoms with Crippen LogP contribution in [-0.2, 0) is 16.1 Å². The Kier molecular flexibility index (Phi) is 5.31. The van der Waals surface area contributed by atoms with Gasteiger partial charge in [-0.25, -0.2) is 4.98 Å². The molecule has 0 radical (unpaired) electrons. The summed E-state index contributed by atoms with van der Waals surface area (Å²) in [6.45, 7) is 0.643. The molecule has 3 heterocycles. The molecule has 142 valence electrons. The number of amides is 2. The fraction of sp³-hybridized carbons (Fsp3) is 0.211. The zero-order valence-electron chi connectivity index (χ0n) is 14.7. The van der Waals surface area contributed by atoms with Crippen LogP contribution >= 0.6 is 22.9 Å². The molecule has 0 spiro atoms. The van der Waals surface area contributed by atoms with Crippen molar-refractivity contribution in [3.8, 4) is 10.7 Å². The van der Waals surface area contributed by atoms with Gasteiger partial charge in [0.2, 0.25) is 11.8 Å². The highest BCUT2D eigenvalue weighted by atomic mass is 35.5. The summed E-state index contributed by atoms with van der Waals surface area (Å²) in [4.78, 5) is 39.2. The van der Waals surface area contributed by atoms with Gasteiger partial charge in [-0.15, -0.1) is 11.3 Å². The number of hydrogen-bond acceptors (Lipinski definition) is 6. The van der Waals surface area contributed by atoms with E-state index < -0.39 is 5.92 Å². The largest absolute Gasteiger partial charge is 0.350 e. The first-order chi connectivity index (χ1) is 13.6. The van der Waals surface area contributed by atoms with E-state index in [1.165, 1.54) is 11.3 Å². The number of hydrogen-bond donors (Lipinski definition) is 1. The lowest BCUT2D eigenvalue weighted by Gasteiger charge is -2.16. The predicted octanol–water partition coefficient (Wildman–Crippen LogP) is 2.92. The minimum atomic E-state index is -0.399. The first-order valence-electron chi connectivity index (χ1n) is 8.64. The third-order valence-corrected chi connectivity index (χ3v) is 5.54. The van der Waals surface area contributed by atoms with Gasteiger partial charge < -0.3 is 10.2 Å². The maximum absolute atomic E-state index is 12.5. The number of carbonyl (C=O) groups is 2. The van der Waals surface area contributed by atoms with Crippen molar-refractivity contribution in [1.29, 1.82) is 0 Å². The molecule has 0 bridgehead atoms. The lowest BCUT2D eigenvalue weighted by Crippen LogP contribution is -2.32. The van der Waals surface area contributed by atoms with E-state index in [1.54, 1.807) is 41.7 Å². The Morgan fingerprint density at radius 1 is 1.36 bits per heavy atom.